The Morgan fingerprint density at radius 1 is 1.12 bits per heavy atom. The average molecular weight is 370 g/mol. The number of carbonyl (C=O) groups excluding carboxylic acids is 1. The lowest BCUT2D eigenvalue weighted by Crippen LogP contribution is -2.28. The molecule has 0 spiro atoms. The number of hydrogen-bond acceptors (Lipinski definition) is 3. The van der Waals surface area contributed by atoms with Crippen LogP contribution in [0.15, 0.2) is 53.4 Å². The normalized spacial score (nSPS) is 12.2. The van der Waals surface area contributed by atoms with Crippen LogP contribution in [0.5, 0.6) is 0 Å². The largest absolute Gasteiger partial charge is 0.345 e. The first kappa shape index (κ1) is 19.7. The van der Waals surface area contributed by atoms with E-state index in [-0.39, 0.29) is 23.4 Å². The lowest BCUT2D eigenvalue weighted by molar-refractivity contribution is 0.0935. The minimum Gasteiger partial charge on any atom is -0.345 e. The highest BCUT2D eigenvalue weighted by Gasteiger charge is 2.16. The van der Waals surface area contributed by atoms with Crippen molar-refractivity contribution in [1.29, 1.82) is 0 Å². The molecule has 2 rings (SSSR count). The van der Waals surface area contributed by atoms with Crippen molar-refractivity contribution in [1.82, 2.24) is 10.0 Å². The molecular weight excluding hydrogens is 348 g/mol. The molecule has 136 valence electrons. The van der Waals surface area contributed by atoms with E-state index >= 15 is 0 Å². The van der Waals surface area contributed by atoms with Gasteiger partial charge in [0.15, 0.2) is 0 Å². The zero-order chi connectivity index (χ0) is 19.2. The first-order chi connectivity index (χ1) is 12.4. The first-order valence-electron chi connectivity index (χ1n) is 8.28. The molecule has 0 saturated heterocycles. The van der Waals surface area contributed by atoms with Crippen LogP contribution in [0, 0.1) is 19.3 Å². The van der Waals surface area contributed by atoms with Crippen molar-refractivity contribution >= 4 is 15.9 Å². The van der Waals surface area contributed by atoms with Crippen molar-refractivity contribution in [3.8, 4) is 12.3 Å². The molecule has 1 amide bonds. The minimum atomic E-state index is -3.66. The lowest BCUT2D eigenvalue weighted by Gasteiger charge is -2.18. The molecule has 0 heterocycles. The van der Waals surface area contributed by atoms with Crippen molar-refractivity contribution in [2.24, 2.45) is 0 Å². The van der Waals surface area contributed by atoms with Crippen molar-refractivity contribution in [2.75, 3.05) is 6.54 Å². The number of benzene rings is 2. The van der Waals surface area contributed by atoms with Gasteiger partial charge in [0.2, 0.25) is 10.0 Å². The monoisotopic (exact) mass is 370 g/mol. The summed E-state index contributed by atoms with van der Waals surface area (Å²) in [5, 5.41) is 2.98. The molecule has 0 aliphatic heterocycles. The van der Waals surface area contributed by atoms with Gasteiger partial charge < -0.3 is 5.32 Å². The van der Waals surface area contributed by atoms with E-state index < -0.39 is 10.0 Å². The summed E-state index contributed by atoms with van der Waals surface area (Å²) in [6.07, 6.45) is 5.81. The fourth-order valence-corrected chi connectivity index (χ4v) is 3.40. The summed E-state index contributed by atoms with van der Waals surface area (Å²) in [5.74, 6) is 1.96. The molecule has 2 aromatic carbocycles. The molecule has 0 aliphatic rings. The maximum absolute atomic E-state index is 12.5. The number of terminal acetylenes is 1. The molecule has 0 bridgehead atoms. The Balaban J connectivity index is 2.12. The van der Waals surface area contributed by atoms with Gasteiger partial charge >= 0.3 is 0 Å². The van der Waals surface area contributed by atoms with Crippen molar-refractivity contribution in [2.45, 2.75) is 31.2 Å². The molecule has 0 aromatic heterocycles. The zero-order valence-corrected chi connectivity index (χ0v) is 15.6. The molecular formula is C20H22N2O3S. The highest BCUT2D eigenvalue weighted by atomic mass is 32.2. The second-order valence-corrected chi connectivity index (χ2v) is 7.66. The van der Waals surface area contributed by atoms with E-state index in [1.54, 1.807) is 0 Å². The standard InChI is InChI=1S/C20H22N2O3S/c1-4-14-21-26(24,25)18-12-10-17(11-13-18)20(23)22-19(5-2)16-8-6-15(3)7-9-16/h1,6-13,19,21H,5,14H2,2-3H3,(H,22,23). The third-order valence-electron chi connectivity index (χ3n) is 3.98. The molecule has 0 fully saturated rings. The fourth-order valence-electron chi connectivity index (χ4n) is 2.47. The lowest BCUT2D eigenvalue weighted by atomic mass is 10.0. The SMILES string of the molecule is C#CCNS(=O)(=O)c1ccc(C(=O)NC(CC)c2ccc(C)cc2)cc1. The van der Waals surface area contributed by atoms with Gasteiger partial charge in [0.25, 0.3) is 5.91 Å². The number of amides is 1. The number of aryl methyl sites for hydroxylation is 1. The fraction of sp³-hybridized carbons (Fsp3) is 0.250. The van der Waals surface area contributed by atoms with Gasteiger partial charge in [0.1, 0.15) is 0 Å². The molecule has 26 heavy (non-hydrogen) atoms. The van der Waals surface area contributed by atoms with Crippen LogP contribution >= 0.6 is 0 Å². The highest BCUT2D eigenvalue weighted by molar-refractivity contribution is 7.89. The van der Waals surface area contributed by atoms with Gasteiger partial charge in [-0.1, -0.05) is 42.7 Å². The second-order valence-electron chi connectivity index (χ2n) is 5.90. The molecule has 2 aromatic rings. The third-order valence-corrected chi connectivity index (χ3v) is 5.40. The Morgan fingerprint density at radius 3 is 2.27 bits per heavy atom. The summed E-state index contributed by atoms with van der Waals surface area (Å²) >= 11 is 0. The quantitative estimate of drug-likeness (QED) is 0.736. The van der Waals surface area contributed by atoms with Crippen LogP contribution in [0.2, 0.25) is 0 Å². The topological polar surface area (TPSA) is 75.3 Å². The molecule has 1 atom stereocenters. The third kappa shape index (κ3) is 4.94. The predicted molar refractivity (Wildman–Crippen MR) is 102 cm³/mol. The van der Waals surface area contributed by atoms with E-state index in [0.29, 0.717) is 5.56 Å². The van der Waals surface area contributed by atoms with Gasteiger partial charge in [-0.3, -0.25) is 4.79 Å². The molecule has 2 N–H and O–H groups in total. The molecule has 1 unspecified atom stereocenters. The Kier molecular flexibility index (Phi) is 6.56. The van der Waals surface area contributed by atoms with Gasteiger partial charge in [0, 0.05) is 5.56 Å². The van der Waals surface area contributed by atoms with Crippen LogP contribution in [-0.2, 0) is 10.0 Å². The van der Waals surface area contributed by atoms with E-state index in [4.69, 9.17) is 6.42 Å². The van der Waals surface area contributed by atoms with Crippen LogP contribution in [0.25, 0.3) is 0 Å². The van der Waals surface area contributed by atoms with Gasteiger partial charge in [-0.2, -0.15) is 4.72 Å². The molecule has 0 radical (unpaired) electrons. The first-order valence-corrected chi connectivity index (χ1v) is 9.76. The number of hydrogen-bond donors (Lipinski definition) is 2. The van der Waals surface area contributed by atoms with Crippen molar-refractivity contribution < 1.29 is 13.2 Å². The summed E-state index contributed by atoms with van der Waals surface area (Å²) in [7, 11) is -3.66. The van der Waals surface area contributed by atoms with Gasteiger partial charge in [-0.25, -0.2) is 8.42 Å². The molecule has 6 heteroatoms. The number of sulfonamides is 1. The van der Waals surface area contributed by atoms with Crippen molar-refractivity contribution in [3.05, 3.63) is 65.2 Å². The molecule has 5 nitrogen and oxygen atoms in total. The Hall–Kier alpha value is -2.62. The van der Waals surface area contributed by atoms with E-state index in [2.05, 4.69) is 16.0 Å². The maximum atomic E-state index is 12.5. The van der Waals surface area contributed by atoms with Gasteiger partial charge in [-0.05, 0) is 43.2 Å². The Labute approximate surface area is 154 Å². The Morgan fingerprint density at radius 2 is 1.73 bits per heavy atom. The van der Waals surface area contributed by atoms with E-state index in [1.165, 1.54) is 24.3 Å². The van der Waals surface area contributed by atoms with Gasteiger partial charge in [0.05, 0.1) is 17.5 Å². The van der Waals surface area contributed by atoms with Crippen molar-refractivity contribution in [3.63, 3.8) is 0 Å². The summed E-state index contributed by atoms with van der Waals surface area (Å²) < 4.78 is 26.3. The van der Waals surface area contributed by atoms with Crippen LogP contribution in [0.4, 0.5) is 0 Å². The maximum Gasteiger partial charge on any atom is 0.251 e. The molecule has 0 aliphatic carbocycles. The van der Waals surface area contributed by atoms with Crippen LogP contribution in [0.1, 0.15) is 40.9 Å². The predicted octanol–water partition coefficient (Wildman–Crippen LogP) is 2.79. The van der Waals surface area contributed by atoms with Gasteiger partial charge in [-0.15, -0.1) is 6.42 Å². The van der Waals surface area contributed by atoms with E-state index in [0.717, 1.165) is 17.5 Å². The number of carbonyl (C=O) groups is 1. The summed E-state index contributed by atoms with van der Waals surface area (Å²) in [6.45, 7) is 3.92. The Bertz CT molecular complexity index is 896. The highest BCUT2D eigenvalue weighted by Crippen LogP contribution is 2.18. The second kappa shape index (κ2) is 8.65. The van der Waals surface area contributed by atoms with Crippen LogP contribution in [0.3, 0.4) is 0 Å². The number of rotatable bonds is 7. The summed E-state index contributed by atoms with van der Waals surface area (Å²) in [6, 6.07) is 13.7. The van der Waals surface area contributed by atoms with Crippen LogP contribution < -0.4 is 10.0 Å². The summed E-state index contributed by atoms with van der Waals surface area (Å²) in [4.78, 5) is 12.5. The zero-order valence-electron chi connectivity index (χ0n) is 14.8. The van der Waals surface area contributed by atoms with E-state index in [1.807, 2.05) is 38.1 Å². The number of nitrogens with one attached hydrogen (secondary N) is 2. The van der Waals surface area contributed by atoms with Crippen LogP contribution in [-0.4, -0.2) is 20.9 Å². The minimum absolute atomic E-state index is 0.0647. The summed E-state index contributed by atoms with van der Waals surface area (Å²) in [5.41, 5.74) is 2.58. The smallest absolute Gasteiger partial charge is 0.251 e. The van der Waals surface area contributed by atoms with E-state index in [9.17, 15) is 13.2 Å². The average Bonchev–Trinajstić information content (AvgIpc) is 2.65. The molecule has 0 saturated carbocycles.